The molecule has 10 atom stereocenters. The SMILES string of the molecule is CCCC(=O)N[C@@H]1O[C@H](CO)[C@@H](O[C@@H]2O[C@H](CO)[C@@H](O)[C@H](O)[C@H]2NC(C)=O)[C@H](O)[C@H]1NC(C)=O. The lowest BCUT2D eigenvalue weighted by molar-refractivity contribution is -0.315. The van der Waals surface area contributed by atoms with Gasteiger partial charge in [0.25, 0.3) is 0 Å². The number of aliphatic hydroxyl groups excluding tert-OH is 5. The van der Waals surface area contributed by atoms with Crippen LogP contribution in [0.4, 0.5) is 0 Å². The Balaban J connectivity index is 2.30. The lowest BCUT2D eigenvalue weighted by Gasteiger charge is -2.48. The summed E-state index contributed by atoms with van der Waals surface area (Å²) in [6.45, 7) is 2.81. The predicted molar refractivity (Wildman–Crippen MR) is 113 cm³/mol. The van der Waals surface area contributed by atoms with Gasteiger partial charge in [-0.15, -0.1) is 0 Å². The zero-order chi connectivity index (χ0) is 25.6. The van der Waals surface area contributed by atoms with Crippen LogP contribution in [0.2, 0.25) is 0 Å². The minimum atomic E-state index is -1.60. The van der Waals surface area contributed by atoms with Gasteiger partial charge >= 0.3 is 0 Å². The summed E-state index contributed by atoms with van der Waals surface area (Å²) >= 11 is 0. The fraction of sp³-hybridized carbons (Fsp3) is 0.850. The lowest BCUT2D eigenvalue weighted by Crippen LogP contribution is -2.71. The molecule has 0 radical (unpaired) electrons. The van der Waals surface area contributed by atoms with E-state index in [1.54, 1.807) is 6.92 Å². The summed E-state index contributed by atoms with van der Waals surface area (Å²) in [5.74, 6) is -1.51. The maximum Gasteiger partial charge on any atom is 0.222 e. The molecule has 34 heavy (non-hydrogen) atoms. The topological polar surface area (TPSA) is 216 Å². The monoisotopic (exact) mass is 493 g/mol. The fourth-order valence-electron chi connectivity index (χ4n) is 3.99. The molecular formula is C20H35N3O11. The summed E-state index contributed by atoms with van der Waals surface area (Å²) < 4.78 is 17.0. The smallest absolute Gasteiger partial charge is 0.222 e. The summed E-state index contributed by atoms with van der Waals surface area (Å²) in [7, 11) is 0. The Morgan fingerprint density at radius 3 is 1.94 bits per heavy atom. The minimum absolute atomic E-state index is 0.170. The highest BCUT2D eigenvalue weighted by atomic mass is 16.7. The fourth-order valence-corrected chi connectivity index (χ4v) is 3.99. The van der Waals surface area contributed by atoms with Gasteiger partial charge in [0.1, 0.15) is 48.7 Å². The van der Waals surface area contributed by atoms with Crippen LogP contribution in [0, 0.1) is 0 Å². The lowest BCUT2D eigenvalue weighted by atomic mass is 9.94. The molecule has 2 heterocycles. The van der Waals surface area contributed by atoms with Gasteiger partial charge in [-0.25, -0.2) is 0 Å². The Bertz CT molecular complexity index is 711. The van der Waals surface area contributed by atoms with E-state index in [2.05, 4.69) is 16.0 Å². The van der Waals surface area contributed by atoms with Gasteiger partial charge in [0.15, 0.2) is 12.5 Å². The maximum atomic E-state index is 12.1. The minimum Gasteiger partial charge on any atom is -0.394 e. The van der Waals surface area contributed by atoms with Crippen LogP contribution in [0.25, 0.3) is 0 Å². The molecule has 3 amide bonds. The molecule has 0 aromatic carbocycles. The average Bonchev–Trinajstić information content (AvgIpc) is 2.76. The average molecular weight is 494 g/mol. The second-order valence-corrected chi connectivity index (χ2v) is 8.35. The Hall–Kier alpha value is -1.91. The third kappa shape index (κ3) is 6.82. The molecule has 0 aromatic heterocycles. The number of aliphatic hydroxyl groups is 5. The molecular weight excluding hydrogens is 458 g/mol. The molecule has 2 rings (SSSR count). The zero-order valence-corrected chi connectivity index (χ0v) is 19.3. The molecule has 0 spiro atoms. The molecule has 0 bridgehead atoms. The van der Waals surface area contributed by atoms with E-state index < -0.39 is 92.2 Å². The molecule has 0 aromatic rings. The van der Waals surface area contributed by atoms with Crippen LogP contribution in [0.5, 0.6) is 0 Å². The number of hydrogen-bond acceptors (Lipinski definition) is 11. The van der Waals surface area contributed by atoms with Crippen molar-refractivity contribution in [2.45, 2.75) is 94.8 Å². The first-order chi connectivity index (χ1) is 16.0. The third-order valence-corrected chi connectivity index (χ3v) is 5.59. The molecule has 2 saturated heterocycles. The highest BCUT2D eigenvalue weighted by molar-refractivity contribution is 5.76. The number of hydrogen-bond donors (Lipinski definition) is 8. The van der Waals surface area contributed by atoms with Gasteiger partial charge < -0.3 is 55.7 Å². The summed E-state index contributed by atoms with van der Waals surface area (Å²) in [5.41, 5.74) is 0. The van der Waals surface area contributed by atoms with E-state index in [4.69, 9.17) is 14.2 Å². The third-order valence-electron chi connectivity index (χ3n) is 5.59. The van der Waals surface area contributed by atoms with E-state index in [1.165, 1.54) is 13.8 Å². The molecule has 2 aliphatic heterocycles. The Morgan fingerprint density at radius 2 is 1.41 bits per heavy atom. The van der Waals surface area contributed by atoms with Crippen molar-refractivity contribution >= 4 is 17.7 Å². The van der Waals surface area contributed by atoms with Gasteiger partial charge in [-0.05, 0) is 6.42 Å². The molecule has 14 heteroatoms. The predicted octanol–water partition coefficient (Wildman–Crippen LogP) is -4.19. The van der Waals surface area contributed by atoms with Gasteiger partial charge in [0.05, 0.1) is 13.2 Å². The van der Waals surface area contributed by atoms with Crippen molar-refractivity contribution in [1.82, 2.24) is 16.0 Å². The Morgan fingerprint density at radius 1 is 0.824 bits per heavy atom. The van der Waals surface area contributed by atoms with E-state index in [1.807, 2.05) is 0 Å². The van der Waals surface area contributed by atoms with E-state index in [-0.39, 0.29) is 6.42 Å². The molecule has 0 aliphatic carbocycles. The van der Waals surface area contributed by atoms with Crippen molar-refractivity contribution in [3.05, 3.63) is 0 Å². The quantitative estimate of drug-likeness (QED) is 0.154. The van der Waals surface area contributed by atoms with E-state index in [9.17, 15) is 39.9 Å². The van der Waals surface area contributed by atoms with Crippen LogP contribution >= 0.6 is 0 Å². The number of carbonyl (C=O) groups excluding carboxylic acids is 3. The summed E-state index contributed by atoms with van der Waals surface area (Å²) in [5, 5.41) is 58.5. The van der Waals surface area contributed by atoms with E-state index in [0.29, 0.717) is 6.42 Å². The highest BCUT2D eigenvalue weighted by Gasteiger charge is 2.51. The Kier molecular flexibility index (Phi) is 10.6. The van der Waals surface area contributed by atoms with Gasteiger partial charge in [0, 0.05) is 20.3 Å². The van der Waals surface area contributed by atoms with Crippen molar-refractivity contribution in [2.24, 2.45) is 0 Å². The first kappa shape index (κ1) is 28.3. The second kappa shape index (κ2) is 12.7. The standard InChI is InChI=1S/C20H35N3O11/c1-4-5-12(28)23-19-13(21-8(2)26)17(31)18(11(7-25)32-19)34-20-14(22-9(3)27)16(30)15(29)10(6-24)33-20/h10-11,13-20,24-25,29-31H,4-7H2,1-3H3,(H,21,26)(H,22,27)(H,23,28)/t10-,11-,13-,14-,15-,16-,17-,18-,19-,20+/m1/s1. The number of ether oxygens (including phenoxy) is 3. The number of nitrogens with one attached hydrogen (secondary N) is 3. The zero-order valence-electron chi connectivity index (χ0n) is 19.3. The van der Waals surface area contributed by atoms with Crippen LogP contribution in [0.3, 0.4) is 0 Å². The van der Waals surface area contributed by atoms with Crippen LogP contribution in [-0.4, -0.2) is 118 Å². The molecule has 8 N–H and O–H groups in total. The summed E-state index contributed by atoms with van der Waals surface area (Å²) in [4.78, 5) is 35.5. The molecule has 0 saturated carbocycles. The first-order valence-electron chi connectivity index (χ1n) is 11.1. The second-order valence-electron chi connectivity index (χ2n) is 8.35. The van der Waals surface area contributed by atoms with Gasteiger partial charge in [-0.2, -0.15) is 0 Å². The normalized spacial score (nSPS) is 38.1. The van der Waals surface area contributed by atoms with E-state index >= 15 is 0 Å². The van der Waals surface area contributed by atoms with Crippen LogP contribution in [0.1, 0.15) is 33.6 Å². The largest absolute Gasteiger partial charge is 0.394 e. The van der Waals surface area contributed by atoms with Gasteiger partial charge in [-0.3, -0.25) is 14.4 Å². The van der Waals surface area contributed by atoms with E-state index in [0.717, 1.165) is 0 Å². The van der Waals surface area contributed by atoms with Crippen LogP contribution in [-0.2, 0) is 28.6 Å². The summed E-state index contributed by atoms with van der Waals surface area (Å²) in [6, 6.07) is -2.49. The molecule has 2 fully saturated rings. The van der Waals surface area contributed by atoms with Gasteiger partial charge in [-0.1, -0.05) is 6.92 Å². The van der Waals surface area contributed by atoms with Crippen molar-refractivity contribution in [3.63, 3.8) is 0 Å². The van der Waals surface area contributed by atoms with Crippen LogP contribution in [0.15, 0.2) is 0 Å². The van der Waals surface area contributed by atoms with Crippen molar-refractivity contribution < 1.29 is 54.1 Å². The molecule has 2 aliphatic rings. The Labute approximate surface area is 196 Å². The number of carbonyl (C=O) groups is 3. The van der Waals surface area contributed by atoms with Crippen molar-refractivity contribution in [2.75, 3.05) is 13.2 Å². The molecule has 14 nitrogen and oxygen atoms in total. The molecule has 196 valence electrons. The number of amides is 3. The maximum absolute atomic E-state index is 12.1. The van der Waals surface area contributed by atoms with Crippen molar-refractivity contribution in [1.29, 1.82) is 0 Å². The number of rotatable bonds is 9. The van der Waals surface area contributed by atoms with Crippen molar-refractivity contribution in [3.8, 4) is 0 Å². The highest BCUT2D eigenvalue weighted by Crippen LogP contribution is 2.29. The summed E-state index contributed by atoms with van der Waals surface area (Å²) in [6.07, 6.45) is -10.5. The van der Waals surface area contributed by atoms with Crippen LogP contribution < -0.4 is 16.0 Å². The first-order valence-corrected chi connectivity index (χ1v) is 11.1. The van der Waals surface area contributed by atoms with Gasteiger partial charge in [0.2, 0.25) is 17.7 Å². The molecule has 0 unspecified atom stereocenters.